The van der Waals surface area contributed by atoms with Crippen LogP contribution in [0.1, 0.15) is 46.2 Å². The van der Waals surface area contributed by atoms with E-state index >= 15 is 0 Å². The molecule has 3 N–H and O–H groups in total. The number of carbonyl (C=O) groups is 2. The van der Waals surface area contributed by atoms with Gasteiger partial charge < -0.3 is 25.1 Å². The first-order chi connectivity index (χ1) is 14.5. The van der Waals surface area contributed by atoms with Crippen molar-refractivity contribution < 1.29 is 23.5 Å². The molecule has 2 rings (SSSR count). The number of pyridine rings is 1. The number of carbonyl (C=O) groups excluding carboxylic acids is 2. The fourth-order valence-electron chi connectivity index (χ4n) is 2.54. The fraction of sp³-hybridized carbons (Fsp3) is 0.381. The standard InChI is InChI=1S/C21H26FN3O5/c1-3-4-10-30-19-17(21(28)23-9-11-29-2)24-13-16(18(19)26)20(27)25-12-14-5-7-15(22)8-6-14/h5-8,13H,3-4,9-12H2,1-2H3,(H,23,28)(H,24,26)(H,25,27). The summed E-state index contributed by atoms with van der Waals surface area (Å²) in [6, 6.07) is 5.63. The van der Waals surface area contributed by atoms with Gasteiger partial charge in [-0.1, -0.05) is 25.5 Å². The molecule has 1 aromatic heterocycles. The lowest BCUT2D eigenvalue weighted by atomic mass is 10.2. The van der Waals surface area contributed by atoms with Gasteiger partial charge in [0.25, 0.3) is 11.8 Å². The Bertz CT molecular complexity index is 912. The molecular formula is C21H26FN3O5. The zero-order chi connectivity index (χ0) is 21.9. The molecule has 0 saturated carbocycles. The van der Waals surface area contributed by atoms with Crippen LogP contribution in [-0.4, -0.2) is 43.7 Å². The lowest BCUT2D eigenvalue weighted by molar-refractivity contribution is 0.0919. The third-order valence-electron chi connectivity index (χ3n) is 4.21. The number of ether oxygens (including phenoxy) is 2. The minimum absolute atomic E-state index is 0.0534. The molecule has 2 aromatic rings. The van der Waals surface area contributed by atoms with Crippen molar-refractivity contribution in [2.75, 3.05) is 26.9 Å². The van der Waals surface area contributed by atoms with Gasteiger partial charge in [-0.15, -0.1) is 0 Å². The number of rotatable bonds is 11. The molecule has 0 saturated heterocycles. The zero-order valence-corrected chi connectivity index (χ0v) is 17.0. The summed E-state index contributed by atoms with van der Waals surface area (Å²) in [5.41, 5.74) is -0.243. The monoisotopic (exact) mass is 419 g/mol. The smallest absolute Gasteiger partial charge is 0.271 e. The van der Waals surface area contributed by atoms with E-state index in [1.165, 1.54) is 37.6 Å². The van der Waals surface area contributed by atoms with Crippen LogP contribution in [0.2, 0.25) is 0 Å². The molecule has 0 aliphatic heterocycles. The van der Waals surface area contributed by atoms with Gasteiger partial charge in [-0.2, -0.15) is 0 Å². The third kappa shape index (κ3) is 6.41. The molecule has 0 bridgehead atoms. The number of benzene rings is 1. The van der Waals surface area contributed by atoms with Gasteiger partial charge in [0.2, 0.25) is 5.43 Å². The van der Waals surface area contributed by atoms with Crippen molar-refractivity contribution in [2.45, 2.75) is 26.3 Å². The van der Waals surface area contributed by atoms with Crippen LogP contribution in [0.4, 0.5) is 4.39 Å². The van der Waals surface area contributed by atoms with Crippen LogP contribution < -0.4 is 20.8 Å². The van der Waals surface area contributed by atoms with E-state index < -0.39 is 17.2 Å². The second-order valence-electron chi connectivity index (χ2n) is 6.50. The van der Waals surface area contributed by atoms with Crippen LogP contribution in [0.3, 0.4) is 0 Å². The highest BCUT2D eigenvalue weighted by Crippen LogP contribution is 2.13. The third-order valence-corrected chi connectivity index (χ3v) is 4.21. The Balaban J connectivity index is 2.21. The van der Waals surface area contributed by atoms with Crippen LogP contribution in [0.25, 0.3) is 0 Å². The molecule has 162 valence electrons. The van der Waals surface area contributed by atoms with Crippen molar-refractivity contribution >= 4 is 11.8 Å². The zero-order valence-electron chi connectivity index (χ0n) is 17.0. The summed E-state index contributed by atoms with van der Waals surface area (Å²) >= 11 is 0. The highest BCUT2D eigenvalue weighted by Gasteiger charge is 2.22. The van der Waals surface area contributed by atoms with E-state index in [1.807, 2.05) is 6.92 Å². The average molecular weight is 419 g/mol. The normalized spacial score (nSPS) is 10.5. The summed E-state index contributed by atoms with van der Waals surface area (Å²) in [6.45, 7) is 2.88. The maximum Gasteiger partial charge on any atom is 0.271 e. The maximum absolute atomic E-state index is 13.0. The largest absolute Gasteiger partial charge is 0.487 e. The molecule has 8 nitrogen and oxygen atoms in total. The Labute approximate surface area is 173 Å². The summed E-state index contributed by atoms with van der Waals surface area (Å²) in [5.74, 6) is -1.75. The molecule has 0 fully saturated rings. The van der Waals surface area contributed by atoms with Crippen molar-refractivity contribution in [3.8, 4) is 5.75 Å². The Hall–Kier alpha value is -3.20. The summed E-state index contributed by atoms with van der Waals surface area (Å²) < 4.78 is 23.4. The van der Waals surface area contributed by atoms with Crippen LogP contribution in [0, 0.1) is 5.82 Å². The first kappa shape index (κ1) is 23.1. The van der Waals surface area contributed by atoms with Gasteiger partial charge in [-0.25, -0.2) is 4.39 Å². The number of methoxy groups -OCH3 is 1. The first-order valence-corrected chi connectivity index (χ1v) is 9.66. The van der Waals surface area contributed by atoms with Gasteiger partial charge in [-0.3, -0.25) is 14.4 Å². The summed E-state index contributed by atoms with van der Waals surface area (Å²) in [5, 5.41) is 5.22. The summed E-state index contributed by atoms with van der Waals surface area (Å²) in [6.07, 6.45) is 2.70. The van der Waals surface area contributed by atoms with Gasteiger partial charge in [0.15, 0.2) is 11.4 Å². The topological polar surface area (TPSA) is 110 Å². The highest BCUT2D eigenvalue weighted by molar-refractivity contribution is 5.98. The van der Waals surface area contributed by atoms with E-state index in [4.69, 9.17) is 9.47 Å². The molecular weight excluding hydrogens is 393 g/mol. The number of amides is 2. The highest BCUT2D eigenvalue weighted by atomic mass is 19.1. The fourth-order valence-corrected chi connectivity index (χ4v) is 2.54. The van der Waals surface area contributed by atoms with Gasteiger partial charge in [0, 0.05) is 26.4 Å². The minimum Gasteiger partial charge on any atom is -0.487 e. The Morgan fingerprint density at radius 2 is 1.83 bits per heavy atom. The maximum atomic E-state index is 13.0. The predicted octanol–water partition coefficient (Wildman–Crippen LogP) is 2.00. The number of aromatic amines is 1. The number of aromatic nitrogens is 1. The second-order valence-corrected chi connectivity index (χ2v) is 6.50. The summed E-state index contributed by atoms with van der Waals surface area (Å²) in [7, 11) is 1.51. The lowest BCUT2D eigenvalue weighted by Gasteiger charge is -2.13. The summed E-state index contributed by atoms with van der Waals surface area (Å²) in [4.78, 5) is 40.5. The molecule has 1 aromatic carbocycles. The van der Waals surface area contributed by atoms with E-state index in [0.717, 1.165) is 6.42 Å². The Morgan fingerprint density at radius 3 is 2.50 bits per heavy atom. The quantitative estimate of drug-likeness (QED) is 0.483. The van der Waals surface area contributed by atoms with Crippen LogP contribution in [-0.2, 0) is 11.3 Å². The molecule has 30 heavy (non-hydrogen) atoms. The number of nitrogens with one attached hydrogen (secondary N) is 3. The molecule has 0 radical (unpaired) electrons. The molecule has 0 unspecified atom stereocenters. The van der Waals surface area contributed by atoms with Crippen molar-refractivity contribution in [1.29, 1.82) is 0 Å². The Morgan fingerprint density at radius 1 is 1.10 bits per heavy atom. The van der Waals surface area contributed by atoms with Crippen molar-refractivity contribution in [3.05, 3.63) is 63.3 Å². The number of halogens is 1. The number of H-pyrrole nitrogens is 1. The molecule has 0 aliphatic rings. The van der Waals surface area contributed by atoms with Gasteiger partial charge in [-0.05, 0) is 24.1 Å². The van der Waals surface area contributed by atoms with Gasteiger partial charge in [0.1, 0.15) is 11.4 Å². The van der Waals surface area contributed by atoms with E-state index in [0.29, 0.717) is 18.6 Å². The van der Waals surface area contributed by atoms with Crippen LogP contribution >= 0.6 is 0 Å². The molecule has 1 heterocycles. The first-order valence-electron chi connectivity index (χ1n) is 9.66. The number of unbranched alkanes of at least 4 members (excludes halogenated alkanes) is 1. The molecule has 0 spiro atoms. The van der Waals surface area contributed by atoms with E-state index in [2.05, 4.69) is 15.6 Å². The predicted molar refractivity (Wildman–Crippen MR) is 109 cm³/mol. The molecule has 0 atom stereocenters. The van der Waals surface area contributed by atoms with Crippen molar-refractivity contribution in [3.63, 3.8) is 0 Å². The lowest BCUT2D eigenvalue weighted by Crippen LogP contribution is -2.33. The molecule has 9 heteroatoms. The molecule has 2 amide bonds. The van der Waals surface area contributed by atoms with Crippen molar-refractivity contribution in [2.24, 2.45) is 0 Å². The molecule has 0 aliphatic carbocycles. The average Bonchev–Trinajstić information content (AvgIpc) is 2.74. The minimum atomic E-state index is -0.682. The van der Waals surface area contributed by atoms with Gasteiger partial charge in [0.05, 0.1) is 13.2 Å². The van der Waals surface area contributed by atoms with Crippen LogP contribution in [0.15, 0.2) is 35.3 Å². The second kappa shape index (κ2) is 11.7. The van der Waals surface area contributed by atoms with E-state index in [-0.39, 0.29) is 42.5 Å². The van der Waals surface area contributed by atoms with E-state index in [9.17, 15) is 18.8 Å². The number of hydrogen-bond donors (Lipinski definition) is 3. The SMILES string of the molecule is CCCCOc1c(C(=O)NCCOC)[nH]cc(C(=O)NCc2ccc(F)cc2)c1=O. The van der Waals surface area contributed by atoms with Gasteiger partial charge >= 0.3 is 0 Å². The van der Waals surface area contributed by atoms with Crippen molar-refractivity contribution in [1.82, 2.24) is 15.6 Å². The Kier molecular flexibility index (Phi) is 9.02. The van der Waals surface area contributed by atoms with Crippen LogP contribution in [0.5, 0.6) is 5.75 Å². The number of hydrogen-bond acceptors (Lipinski definition) is 5. The van der Waals surface area contributed by atoms with E-state index in [1.54, 1.807) is 0 Å².